The van der Waals surface area contributed by atoms with Gasteiger partial charge in [0.2, 0.25) is 0 Å². The molecule has 4 aromatic carbocycles. The van der Waals surface area contributed by atoms with Crippen LogP contribution < -0.4 is 15.6 Å². The number of nitrogens with zero attached hydrogens (tertiary/aromatic N) is 4. The Morgan fingerprint density at radius 3 is 1.34 bits per heavy atom. The molecule has 2 aliphatic heterocycles. The quantitative estimate of drug-likeness (QED) is 0.199. The number of amides is 2. The number of aliphatic imine (C=N–C) groups is 2. The van der Waals surface area contributed by atoms with Crippen molar-refractivity contribution < 1.29 is 14.3 Å². The van der Waals surface area contributed by atoms with E-state index < -0.39 is 11.1 Å². The van der Waals surface area contributed by atoms with Crippen LogP contribution in [0.15, 0.2) is 107 Å². The van der Waals surface area contributed by atoms with Crippen molar-refractivity contribution in [3.63, 3.8) is 0 Å². The lowest BCUT2D eigenvalue weighted by Gasteiger charge is -2.24. The molecule has 0 bridgehead atoms. The van der Waals surface area contributed by atoms with Crippen molar-refractivity contribution in [2.75, 3.05) is 23.4 Å². The number of carbonyl (C=O) groups is 2. The molecule has 2 aliphatic rings. The maximum absolute atomic E-state index is 13.7. The molecule has 11 heteroatoms. The van der Waals surface area contributed by atoms with Crippen molar-refractivity contribution >= 4 is 57.0 Å². The highest BCUT2D eigenvalue weighted by molar-refractivity contribution is 8.13. The molecule has 0 radical (unpaired) electrons. The van der Waals surface area contributed by atoms with Gasteiger partial charge < -0.3 is 4.74 Å². The van der Waals surface area contributed by atoms with Crippen molar-refractivity contribution in [1.82, 2.24) is 10.0 Å². The molecule has 2 N–H and O–H groups in total. The lowest BCUT2D eigenvalue weighted by atomic mass is 9.92. The molecule has 0 aliphatic carbocycles. The Morgan fingerprint density at radius 2 is 1.00 bits per heavy atom. The molecule has 0 spiro atoms. The number of aryl methyl sites for hydroxylation is 2. The van der Waals surface area contributed by atoms with E-state index in [0.717, 1.165) is 33.6 Å². The molecule has 0 fully saturated rings. The van der Waals surface area contributed by atoms with Crippen molar-refractivity contribution in [3.05, 3.63) is 119 Å². The van der Waals surface area contributed by atoms with E-state index in [9.17, 15) is 9.59 Å². The normalized spacial score (nSPS) is 20.7. The first kappa shape index (κ1) is 32.2. The van der Waals surface area contributed by atoms with Gasteiger partial charge in [0.05, 0.1) is 11.4 Å². The molecule has 4 aromatic rings. The molecule has 6 rings (SSSR count). The van der Waals surface area contributed by atoms with Crippen LogP contribution >= 0.6 is 23.5 Å². The molecule has 47 heavy (non-hydrogen) atoms. The monoisotopic (exact) mass is 664 g/mol. The van der Waals surface area contributed by atoms with Crippen LogP contribution in [0.5, 0.6) is 11.5 Å². The second-order valence-corrected chi connectivity index (χ2v) is 13.3. The molecule has 0 saturated heterocycles. The largest absolute Gasteiger partial charge is 0.457 e. The molecule has 240 valence electrons. The second kappa shape index (κ2) is 12.8. The minimum Gasteiger partial charge on any atom is -0.457 e. The van der Waals surface area contributed by atoms with Crippen molar-refractivity contribution in [2.45, 2.75) is 38.8 Å². The third kappa shape index (κ3) is 6.20. The predicted molar refractivity (Wildman–Crippen MR) is 193 cm³/mol. The summed E-state index contributed by atoms with van der Waals surface area (Å²) in [5, 5.41) is 4.23. The van der Waals surface area contributed by atoms with E-state index in [4.69, 9.17) is 14.7 Å². The van der Waals surface area contributed by atoms with Gasteiger partial charge in [-0.15, -0.1) is 0 Å². The molecular formula is C36H36N6O3S2. The van der Waals surface area contributed by atoms with Gasteiger partial charge in [0.1, 0.15) is 11.5 Å². The zero-order valence-corrected chi connectivity index (χ0v) is 28.7. The first-order valence-corrected chi connectivity index (χ1v) is 17.5. The lowest BCUT2D eigenvalue weighted by Crippen LogP contribution is -2.42. The Hall–Kier alpha value is -4.74. The summed E-state index contributed by atoms with van der Waals surface area (Å²) < 4.78 is 6.15. The first-order chi connectivity index (χ1) is 22.5. The maximum atomic E-state index is 13.7. The van der Waals surface area contributed by atoms with Crippen molar-refractivity contribution in [1.29, 1.82) is 0 Å². The van der Waals surface area contributed by atoms with E-state index in [1.54, 1.807) is 0 Å². The summed E-state index contributed by atoms with van der Waals surface area (Å²) in [5.41, 5.74) is 9.60. The number of nitrogens with one attached hydrogen (secondary N) is 2. The summed E-state index contributed by atoms with van der Waals surface area (Å²) in [7, 11) is 0. The number of anilines is 2. The van der Waals surface area contributed by atoms with Crippen LogP contribution in [0.1, 0.15) is 36.1 Å². The van der Waals surface area contributed by atoms with E-state index in [1.807, 2.05) is 137 Å². The van der Waals surface area contributed by atoms with Gasteiger partial charge in [0, 0.05) is 0 Å². The van der Waals surface area contributed by atoms with Gasteiger partial charge in [-0.1, -0.05) is 72.1 Å². The van der Waals surface area contributed by atoms with E-state index >= 15 is 0 Å². The van der Waals surface area contributed by atoms with Crippen LogP contribution in [0.25, 0.3) is 0 Å². The fourth-order valence-corrected chi connectivity index (χ4v) is 6.72. The van der Waals surface area contributed by atoms with Gasteiger partial charge in [0.25, 0.3) is 11.8 Å². The van der Waals surface area contributed by atoms with Crippen LogP contribution in [0.2, 0.25) is 0 Å². The number of hydrogen-bond donors (Lipinski definition) is 2. The van der Waals surface area contributed by atoms with E-state index in [2.05, 4.69) is 10.9 Å². The number of carbonyl (C=O) groups excluding carboxylic acids is 2. The number of amidine groups is 2. The van der Waals surface area contributed by atoms with Crippen LogP contribution in [-0.2, 0) is 20.7 Å². The Balaban J connectivity index is 1.15. The molecular weight excluding hydrogens is 629 g/mol. The third-order valence-electron chi connectivity index (χ3n) is 8.21. The molecule has 2 unspecified atom stereocenters. The van der Waals surface area contributed by atoms with E-state index in [-0.39, 0.29) is 11.8 Å². The second-order valence-electron chi connectivity index (χ2n) is 11.7. The Labute approximate surface area is 283 Å². The zero-order valence-electron chi connectivity index (χ0n) is 27.1. The Bertz CT molecular complexity index is 1760. The fraction of sp³-hybridized carbons (Fsp3) is 0.222. The number of rotatable bonds is 8. The van der Waals surface area contributed by atoms with Gasteiger partial charge in [-0.2, -0.15) is 10.0 Å². The summed E-state index contributed by atoms with van der Waals surface area (Å²) in [5.74, 6) is 0.891. The standard InChI is InChI=1S/C36H36N6O3S2/c1-23-9-7-11-27(21-23)39-41-31(43)35(3,37-33(41)46-5)25-13-17-29(18-14-25)45-30-19-15-26(16-20-30)36(4)32(44)42(34(38-36)47-6)40-28-12-8-10-24(2)22-28/h7-22,39-40H,1-6H3. The zero-order chi connectivity index (χ0) is 33.3. The van der Waals surface area contributed by atoms with Gasteiger partial charge >= 0.3 is 0 Å². The highest BCUT2D eigenvalue weighted by Gasteiger charge is 2.47. The van der Waals surface area contributed by atoms with Crippen molar-refractivity contribution in [2.24, 2.45) is 9.98 Å². The highest BCUT2D eigenvalue weighted by Crippen LogP contribution is 2.39. The molecule has 0 aromatic heterocycles. The lowest BCUT2D eigenvalue weighted by molar-refractivity contribution is -0.130. The summed E-state index contributed by atoms with van der Waals surface area (Å²) >= 11 is 2.83. The van der Waals surface area contributed by atoms with Crippen LogP contribution in [-0.4, -0.2) is 44.7 Å². The average Bonchev–Trinajstić information content (AvgIpc) is 3.46. The van der Waals surface area contributed by atoms with Gasteiger partial charge in [-0.25, -0.2) is 9.98 Å². The number of thioether (sulfide) groups is 2. The number of hydrazine groups is 2. The minimum atomic E-state index is -1.09. The average molecular weight is 665 g/mol. The van der Waals surface area contributed by atoms with Crippen LogP contribution in [0.3, 0.4) is 0 Å². The van der Waals surface area contributed by atoms with E-state index in [1.165, 1.54) is 33.5 Å². The summed E-state index contributed by atoms with van der Waals surface area (Å²) in [6.07, 6.45) is 3.81. The summed E-state index contributed by atoms with van der Waals surface area (Å²) in [6, 6.07) is 30.5. The fourth-order valence-electron chi connectivity index (χ4n) is 5.55. The third-order valence-corrected chi connectivity index (χ3v) is 9.49. The van der Waals surface area contributed by atoms with Crippen LogP contribution in [0, 0.1) is 13.8 Å². The number of hydrogen-bond acceptors (Lipinski definition) is 9. The number of ether oxygens (including phenoxy) is 1. The summed E-state index contributed by atoms with van der Waals surface area (Å²) in [6.45, 7) is 7.67. The summed E-state index contributed by atoms with van der Waals surface area (Å²) in [4.78, 5) is 37.0. The molecule has 2 atom stereocenters. The molecule has 2 amide bonds. The highest BCUT2D eigenvalue weighted by atomic mass is 32.2. The maximum Gasteiger partial charge on any atom is 0.279 e. The first-order valence-electron chi connectivity index (χ1n) is 15.1. The van der Waals surface area contributed by atoms with Gasteiger partial charge in [0.15, 0.2) is 21.4 Å². The molecule has 2 heterocycles. The van der Waals surface area contributed by atoms with Crippen LogP contribution in [0.4, 0.5) is 11.4 Å². The SMILES string of the molecule is CSC1=NC(C)(c2ccc(Oc3ccc(C4(C)N=C(SC)N(Nc5cccc(C)c5)C4=O)cc3)cc2)C(=O)N1Nc1cccc(C)c1. The Morgan fingerprint density at radius 1 is 0.617 bits per heavy atom. The minimum absolute atomic E-state index is 0.164. The molecule has 0 saturated carbocycles. The molecule has 9 nitrogen and oxygen atoms in total. The Kier molecular flexibility index (Phi) is 8.78. The van der Waals surface area contributed by atoms with Gasteiger partial charge in [-0.3, -0.25) is 20.4 Å². The predicted octanol–water partition coefficient (Wildman–Crippen LogP) is 7.70. The van der Waals surface area contributed by atoms with E-state index in [0.29, 0.717) is 21.8 Å². The smallest absolute Gasteiger partial charge is 0.279 e. The van der Waals surface area contributed by atoms with Gasteiger partial charge in [-0.05, 0) is 111 Å². The van der Waals surface area contributed by atoms with Crippen molar-refractivity contribution in [3.8, 4) is 11.5 Å². The number of benzene rings is 4. The topological polar surface area (TPSA) is 98.6 Å².